The molecule has 0 spiro atoms. The maximum absolute atomic E-state index is 4.76. The van der Waals surface area contributed by atoms with Crippen molar-refractivity contribution >= 4 is 41.3 Å². The summed E-state index contributed by atoms with van der Waals surface area (Å²) in [7, 11) is 1.87. The van der Waals surface area contributed by atoms with Gasteiger partial charge in [0.2, 0.25) is 0 Å². The fraction of sp³-hybridized carbons (Fsp3) is 0.750. The molecule has 1 aliphatic rings. The first-order chi connectivity index (χ1) is 10.0. The molecule has 6 heteroatoms. The zero-order chi connectivity index (χ0) is 15.4. The monoisotopic (exact) mass is 436 g/mol. The molecule has 0 bridgehead atoms. The summed E-state index contributed by atoms with van der Waals surface area (Å²) in [6, 6.07) is 0. The van der Waals surface area contributed by atoms with Crippen LogP contribution in [0.5, 0.6) is 0 Å². The summed E-state index contributed by atoms with van der Waals surface area (Å²) in [6.07, 6.45) is 2.59. The Bertz CT molecular complexity index is 498. The van der Waals surface area contributed by atoms with Crippen LogP contribution < -0.4 is 5.32 Å². The lowest BCUT2D eigenvalue weighted by atomic mass is 10.0. The standard InChI is InChI=1S/C16H28N4S.HI/c1-11(2)15-13(4)21-14(19-15)9-18-16(17-5)20-8-6-7-12(3)10-20;/h11-12H,6-10H2,1-5H3,(H,17,18);1H. The fourth-order valence-corrected chi connectivity index (χ4v) is 3.97. The third kappa shape index (κ3) is 5.08. The molecule has 1 unspecified atom stereocenters. The maximum atomic E-state index is 4.76. The van der Waals surface area contributed by atoms with E-state index in [1.165, 1.54) is 23.4 Å². The lowest BCUT2D eigenvalue weighted by molar-refractivity contribution is 0.266. The second kappa shape index (κ2) is 9.05. The van der Waals surface area contributed by atoms with Gasteiger partial charge in [0.25, 0.3) is 0 Å². The molecule has 126 valence electrons. The summed E-state index contributed by atoms with van der Waals surface area (Å²) in [5.41, 5.74) is 1.23. The van der Waals surface area contributed by atoms with Crippen LogP contribution in [-0.4, -0.2) is 36.0 Å². The minimum Gasteiger partial charge on any atom is -0.350 e. The Morgan fingerprint density at radius 2 is 2.23 bits per heavy atom. The summed E-state index contributed by atoms with van der Waals surface area (Å²) < 4.78 is 0. The molecule has 2 heterocycles. The summed E-state index contributed by atoms with van der Waals surface area (Å²) in [6.45, 7) is 11.9. The van der Waals surface area contributed by atoms with Crippen molar-refractivity contribution < 1.29 is 0 Å². The number of likely N-dealkylation sites (tertiary alicyclic amines) is 1. The van der Waals surface area contributed by atoms with Gasteiger partial charge in [0.1, 0.15) is 5.01 Å². The van der Waals surface area contributed by atoms with Crippen LogP contribution in [0, 0.1) is 12.8 Å². The minimum absolute atomic E-state index is 0. The van der Waals surface area contributed by atoms with E-state index in [4.69, 9.17) is 4.98 Å². The summed E-state index contributed by atoms with van der Waals surface area (Å²) >= 11 is 1.80. The Morgan fingerprint density at radius 1 is 1.50 bits per heavy atom. The van der Waals surface area contributed by atoms with Crippen molar-refractivity contribution in [2.45, 2.75) is 53.0 Å². The number of halogens is 1. The van der Waals surface area contributed by atoms with Crippen molar-refractivity contribution in [1.82, 2.24) is 15.2 Å². The van der Waals surface area contributed by atoms with Crippen molar-refractivity contribution in [3.05, 3.63) is 15.6 Å². The lowest BCUT2D eigenvalue weighted by Crippen LogP contribution is -2.45. The molecule has 1 aromatic rings. The molecular formula is C16H29IN4S. The van der Waals surface area contributed by atoms with Gasteiger partial charge in [-0.05, 0) is 31.6 Å². The Balaban J connectivity index is 0.00000242. The number of aromatic nitrogens is 1. The van der Waals surface area contributed by atoms with E-state index >= 15 is 0 Å². The number of aryl methyl sites for hydroxylation is 1. The van der Waals surface area contributed by atoms with Crippen LogP contribution in [-0.2, 0) is 6.54 Å². The number of hydrogen-bond donors (Lipinski definition) is 1. The van der Waals surface area contributed by atoms with E-state index in [1.54, 1.807) is 11.3 Å². The van der Waals surface area contributed by atoms with E-state index in [-0.39, 0.29) is 24.0 Å². The van der Waals surface area contributed by atoms with Crippen LogP contribution in [0.3, 0.4) is 0 Å². The molecule has 1 N–H and O–H groups in total. The highest BCUT2D eigenvalue weighted by atomic mass is 127. The highest BCUT2D eigenvalue weighted by Gasteiger charge is 2.19. The number of nitrogens with zero attached hydrogens (tertiary/aromatic N) is 3. The molecular weight excluding hydrogens is 407 g/mol. The van der Waals surface area contributed by atoms with Crippen molar-refractivity contribution in [3.63, 3.8) is 0 Å². The molecule has 1 aliphatic heterocycles. The molecule has 0 aromatic carbocycles. The molecule has 4 nitrogen and oxygen atoms in total. The zero-order valence-electron chi connectivity index (χ0n) is 14.3. The third-order valence-electron chi connectivity index (χ3n) is 3.99. The highest BCUT2D eigenvalue weighted by Crippen LogP contribution is 2.24. The Labute approximate surface area is 155 Å². The van der Waals surface area contributed by atoms with Gasteiger partial charge in [-0.3, -0.25) is 4.99 Å². The number of rotatable bonds is 3. The quantitative estimate of drug-likeness (QED) is 0.443. The maximum Gasteiger partial charge on any atom is 0.194 e. The van der Waals surface area contributed by atoms with Gasteiger partial charge in [0, 0.05) is 25.0 Å². The van der Waals surface area contributed by atoms with Crippen molar-refractivity contribution in [2.75, 3.05) is 20.1 Å². The average molecular weight is 436 g/mol. The normalized spacial score (nSPS) is 19.3. The van der Waals surface area contributed by atoms with E-state index < -0.39 is 0 Å². The van der Waals surface area contributed by atoms with Gasteiger partial charge in [0.15, 0.2) is 5.96 Å². The molecule has 0 amide bonds. The third-order valence-corrected chi connectivity index (χ3v) is 4.98. The van der Waals surface area contributed by atoms with Crippen LogP contribution >= 0.6 is 35.3 Å². The van der Waals surface area contributed by atoms with Crippen LogP contribution in [0.2, 0.25) is 0 Å². The molecule has 1 fully saturated rings. The predicted molar refractivity (Wildman–Crippen MR) is 107 cm³/mol. The molecule has 1 saturated heterocycles. The van der Waals surface area contributed by atoms with Gasteiger partial charge in [-0.15, -0.1) is 35.3 Å². The van der Waals surface area contributed by atoms with Crippen LogP contribution in [0.1, 0.15) is 55.1 Å². The van der Waals surface area contributed by atoms with Crippen molar-refractivity contribution in [3.8, 4) is 0 Å². The number of hydrogen-bond acceptors (Lipinski definition) is 3. The van der Waals surface area contributed by atoms with E-state index in [0.29, 0.717) is 5.92 Å². The molecule has 0 radical (unpaired) electrons. The number of piperidine rings is 1. The molecule has 0 aliphatic carbocycles. The van der Waals surface area contributed by atoms with Crippen molar-refractivity contribution in [2.24, 2.45) is 10.9 Å². The molecule has 0 saturated carbocycles. The number of guanidine groups is 1. The molecule has 2 rings (SSSR count). The average Bonchev–Trinajstić information content (AvgIpc) is 2.81. The smallest absolute Gasteiger partial charge is 0.194 e. The van der Waals surface area contributed by atoms with Gasteiger partial charge in [0.05, 0.1) is 12.2 Å². The minimum atomic E-state index is 0. The first-order valence-corrected chi connectivity index (χ1v) is 8.74. The van der Waals surface area contributed by atoms with Gasteiger partial charge in [-0.25, -0.2) is 4.98 Å². The Kier molecular flexibility index (Phi) is 8.10. The van der Waals surface area contributed by atoms with E-state index in [2.05, 4.69) is 42.9 Å². The van der Waals surface area contributed by atoms with Gasteiger partial charge in [-0.1, -0.05) is 20.8 Å². The van der Waals surface area contributed by atoms with Gasteiger partial charge >= 0.3 is 0 Å². The molecule has 1 aromatic heterocycles. The van der Waals surface area contributed by atoms with E-state index in [9.17, 15) is 0 Å². The summed E-state index contributed by atoms with van der Waals surface area (Å²) in [4.78, 5) is 12.9. The molecule has 22 heavy (non-hydrogen) atoms. The van der Waals surface area contributed by atoms with Crippen LogP contribution in [0.25, 0.3) is 0 Å². The largest absolute Gasteiger partial charge is 0.350 e. The lowest BCUT2D eigenvalue weighted by Gasteiger charge is -2.33. The topological polar surface area (TPSA) is 40.5 Å². The number of nitrogens with one attached hydrogen (secondary N) is 1. The van der Waals surface area contributed by atoms with Gasteiger partial charge in [-0.2, -0.15) is 0 Å². The second-order valence-electron chi connectivity index (χ2n) is 6.30. The SMILES string of the molecule is CN=C(NCc1nc(C(C)C)c(C)s1)N1CCCC(C)C1.I. The first-order valence-electron chi connectivity index (χ1n) is 7.93. The summed E-state index contributed by atoms with van der Waals surface area (Å²) in [5, 5.41) is 4.63. The summed E-state index contributed by atoms with van der Waals surface area (Å²) in [5.74, 6) is 2.27. The van der Waals surface area contributed by atoms with Crippen LogP contribution in [0.15, 0.2) is 4.99 Å². The first kappa shape index (κ1) is 19.7. The second-order valence-corrected chi connectivity index (χ2v) is 7.59. The Morgan fingerprint density at radius 3 is 2.77 bits per heavy atom. The van der Waals surface area contributed by atoms with E-state index in [1.807, 2.05) is 7.05 Å². The van der Waals surface area contributed by atoms with Crippen LogP contribution in [0.4, 0.5) is 0 Å². The number of aliphatic imine (C=N–C) groups is 1. The number of thiazole rings is 1. The fourth-order valence-electron chi connectivity index (χ4n) is 2.94. The zero-order valence-corrected chi connectivity index (χ0v) is 17.5. The molecule has 1 atom stereocenters. The highest BCUT2D eigenvalue weighted by molar-refractivity contribution is 14.0. The van der Waals surface area contributed by atoms with Crippen molar-refractivity contribution in [1.29, 1.82) is 0 Å². The Hall–Kier alpha value is -0.370. The van der Waals surface area contributed by atoms with Gasteiger partial charge < -0.3 is 10.2 Å². The van der Waals surface area contributed by atoms with E-state index in [0.717, 1.165) is 36.5 Å². The predicted octanol–water partition coefficient (Wildman–Crippen LogP) is 4.00.